The van der Waals surface area contributed by atoms with Crippen LogP contribution in [0.1, 0.15) is 30.0 Å². The van der Waals surface area contributed by atoms with Crippen molar-refractivity contribution in [2.24, 2.45) is 5.92 Å². The Balaban J connectivity index is 0.000000758. The van der Waals surface area contributed by atoms with Gasteiger partial charge in [0.05, 0.1) is 23.0 Å². The molecule has 0 fully saturated rings. The van der Waals surface area contributed by atoms with Crippen LogP contribution in [0, 0.1) is 28.9 Å². The van der Waals surface area contributed by atoms with E-state index in [1.165, 1.54) is 18.2 Å². The van der Waals surface area contributed by atoms with Crippen LogP contribution in [0.25, 0.3) is 11.3 Å². The monoisotopic (exact) mass is 358 g/mol. The Morgan fingerprint density at radius 3 is 2.54 bits per heavy atom. The van der Waals surface area contributed by atoms with E-state index in [2.05, 4.69) is 15.5 Å². The molecule has 1 aliphatic carbocycles. The van der Waals surface area contributed by atoms with Gasteiger partial charge in [-0.2, -0.15) is 15.5 Å². The lowest BCUT2D eigenvalue weighted by molar-refractivity contribution is -0.110. The Kier molecular flexibility index (Phi) is 6.87. The highest BCUT2D eigenvalue weighted by molar-refractivity contribution is 5.63. The summed E-state index contributed by atoms with van der Waals surface area (Å²) in [6.07, 6.45) is 2.76. The topological polar surface area (TPSA) is 78.7 Å². The van der Waals surface area contributed by atoms with Crippen LogP contribution >= 0.6 is 0 Å². The zero-order valence-corrected chi connectivity index (χ0v) is 14.7. The van der Waals surface area contributed by atoms with E-state index in [-0.39, 0.29) is 17.2 Å². The maximum absolute atomic E-state index is 13.9. The minimum atomic E-state index is -0.778. The number of benzene rings is 1. The number of aromatic nitrogens is 2. The minimum absolute atomic E-state index is 0.125. The molecule has 0 radical (unpaired) electrons. The van der Waals surface area contributed by atoms with Crippen molar-refractivity contribution in [3.05, 3.63) is 47.2 Å². The first kappa shape index (κ1) is 19.6. The summed E-state index contributed by atoms with van der Waals surface area (Å²) in [5.74, 6) is -2.49. The van der Waals surface area contributed by atoms with E-state index in [1.807, 2.05) is 20.2 Å². The number of halogens is 2. The van der Waals surface area contributed by atoms with Crippen LogP contribution in [0.4, 0.5) is 8.78 Å². The second-order valence-corrected chi connectivity index (χ2v) is 6.03. The van der Waals surface area contributed by atoms with E-state index >= 15 is 0 Å². The number of hydrogen-bond donors (Lipinski definition) is 1. The fourth-order valence-corrected chi connectivity index (χ4v) is 3.03. The first-order chi connectivity index (χ1) is 12.6. The third-order valence-electron chi connectivity index (χ3n) is 4.17. The highest BCUT2D eigenvalue weighted by Gasteiger charge is 2.30. The summed E-state index contributed by atoms with van der Waals surface area (Å²) >= 11 is 0. The Hall–Kier alpha value is -2.72. The second kappa shape index (κ2) is 9.11. The van der Waals surface area contributed by atoms with Gasteiger partial charge in [-0.15, -0.1) is 0 Å². The molecule has 1 heterocycles. The molecule has 1 aromatic carbocycles. The van der Waals surface area contributed by atoms with Crippen molar-refractivity contribution < 1.29 is 13.6 Å². The van der Waals surface area contributed by atoms with Crippen molar-refractivity contribution in [3.8, 4) is 17.3 Å². The van der Waals surface area contributed by atoms with Gasteiger partial charge in [-0.05, 0) is 57.1 Å². The number of aryl methyl sites for hydroxylation is 1. The summed E-state index contributed by atoms with van der Waals surface area (Å²) in [4.78, 5) is 11.1. The normalized spacial score (nSPS) is 16.5. The predicted octanol–water partition coefficient (Wildman–Crippen LogP) is 3.02. The molecule has 136 valence electrons. The van der Waals surface area contributed by atoms with E-state index in [1.54, 1.807) is 6.07 Å². The first-order valence-corrected chi connectivity index (χ1v) is 8.31. The molecule has 2 atom stereocenters. The predicted molar refractivity (Wildman–Crippen MR) is 93.2 cm³/mol. The van der Waals surface area contributed by atoms with Gasteiger partial charge in [0.1, 0.15) is 23.8 Å². The van der Waals surface area contributed by atoms with Gasteiger partial charge in [0.15, 0.2) is 0 Å². The molecule has 1 aromatic heterocycles. The van der Waals surface area contributed by atoms with Crippen LogP contribution in [0.5, 0.6) is 0 Å². The first-order valence-electron chi connectivity index (χ1n) is 8.31. The fourth-order valence-electron chi connectivity index (χ4n) is 3.03. The van der Waals surface area contributed by atoms with Crippen LogP contribution in [-0.2, 0) is 11.2 Å². The second-order valence-electron chi connectivity index (χ2n) is 6.03. The molecule has 26 heavy (non-hydrogen) atoms. The highest BCUT2D eigenvalue weighted by Crippen LogP contribution is 2.36. The molecule has 0 spiro atoms. The van der Waals surface area contributed by atoms with Crippen molar-refractivity contribution in [1.29, 1.82) is 5.26 Å². The van der Waals surface area contributed by atoms with Gasteiger partial charge < -0.3 is 10.1 Å². The summed E-state index contributed by atoms with van der Waals surface area (Å²) < 4.78 is 27.8. The largest absolute Gasteiger partial charge is 0.323 e. The van der Waals surface area contributed by atoms with Crippen molar-refractivity contribution in [3.63, 3.8) is 0 Å². The van der Waals surface area contributed by atoms with Crippen LogP contribution in [0.2, 0.25) is 0 Å². The molecule has 0 aliphatic heterocycles. The molecular weight excluding hydrogens is 338 g/mol. The van der Waals surface area contributed by atoms with E-state index in [9.17, 15) is 13.6 Å². The number of aldehydes is 1. The molecule has 5 nitrogen and oxygen atoms in total. The molecule has 0 amide bonds. The van der Waals surface area contributed by atoms with E-state index in [0.29, 0.717) is 24.8 Å². The van der Waals surface area contributed by atoms with E-state index < -0.39 is 17.6 Å². The maximum atomic E-state index is 13.9. The maximum Gasteiger partial charge on any atom is 0.137 e. The molecule has 2 unspecified atom stereocenters. The quantitative estimate of drug-likeness (QED) is 0.854. The molecular formula is C19H20F2N4O. The molecule has 0 saturated carbocycles. The summed E-state index contributed by atoms with van der Waals surface area (Å²) in [7, 11) is 3.75. The number of nitriles is 1. The summed E-state index contributed by atoms with van der Waals surface area (Å²) in [6, 6.07) is 7.20. The van der Waals surface area contributed by atoms with Crippen molar-refractivity contribution >= 4 is 6.29 Å². The van der Waals surface area contributed by atoms with Gasteiger partial charge in [0, 0.05) is 5.92 Å². The lowest BCUT2D eigenvalue weighted by atomic mass is 9.79. The lowest BCUT2D eigenvalue weighted by Gasteiger charge is -2.25. The number of hydrogen-bond acceptors (Lipinski definition) is 5. The zero-order valence-electron chi connectivity index (χ0n) is 14.7. The Labute approximate surface area is 151 Å². The van der Waals surface area contributed by atoms with E-state index in [0.717, 1.165) is 12.0 Å². The highest BCUT2D eigenvalue weighted by atomic mass is 19.1. The summed E-state index contributed by atoms with van der Waals surface area (Å²) in [6.45, 7) is 0. The number of nitrogens with zero attached hydrogens (tertiary/aromatic N) is 3. The molecule has 2 aromatic rings. The van der Waals surface area contributed by atoms with Gasteiger partial charge in [0.25, 0.3) is 0 Å². The molecule has 0 bridgehead atoms. The van der Waals surface area contributed by atoms with Gasteiger partial charge in [-0.1, -0.05) is 6.07 Å². The van der Waals surface area contributed by atoms with Crippen molar-refractivity contribution in [2.75, 3.05) is 14.1 Å². The number of carbonyl (C=O) groups excluding carboxylic acids is 1. The molecule has 1 aliphatic rings. The average molecular weight is 358 g/mol. The number of rotatable bonds is 3. The number of fused-ring (bicyclic) bond motifs is 1. The van der Waals surface area contributed by atoms with Crippen molar-refractivity contribution in [1.82, 2.24) is 15.5 Å². The third kappa shape index (κ3) is 4.09. The standard InChI is InChI=1S/C17H13F2N3O.C2H7N/c18-13-5-2-6-14(19)16(13)15-7-10-3-1-4-12(11(8-20)9-23)17(10)22-21-15;1-3-2/h2,5-7,9,11-12H,1,3-4H2;3H,1-2H3. The Bertz CT molecular complexity index is 799. The molecule has 0 saturated heterocycles. The van der Waals surface area contributed by atoms with E-state index in [4.69, 9.17) is 5.26 Å². The van der Waals surface area contributed by atoms with Crippen LogP contribution < -0.4 is 5.32 Å². The van der Waals surface area contributed by atoms with Crippen LogP contribution in [0.3, 0.4) is 0 Å². The minimum Gasteiger partial charge on any atom is -0.323 e. The van der Waals surface area contributed by atoms with Gasteiger partial charge in [0.2, 0.25) is 0 Å². The fraction of sp³-hybridized carbons (Fsp3) is 0.368. The molecule has 7 heteroatoms. The Morgan fingerprint density at radius 2 is 1.96 bits per heavy atom. The van der Waals surface area contributed by atoms with Gasteiger partial charge in [-0.3, -0.25) is 0 Å². The summed E-state index contributed by atoms with van der Waals surface area (Å²) in [5, 5.41) is 19.8. The van der Waals surface area contributed by atoms with Crippen LogP contribution in [-0.4, -0.2) is 30.6 Å². The Morgan fingerprint density at radius 1 is 1.31 bits per heavy atom. The molecule has 1 N–H and O–H groups in total. The van der Waals surface area contributed by atoms with Crippen molar-refractivity contribution in [2.45, 2.75) is 25.2 Å². The summed E-state index contributed by atoms with van der Waals surface area (Å²) in [5.41, 5.74) is 1.28. The number of carbonyl (C=O) groups is 1. The number of nitrogens with one attached hydrogen (secondary N) is 1. The smallest absolute Gasteiger partial charge is 0.137 e. The average Bonchev–Trinajstić information content (AvgIpc) is 2.63. The van der Waals surface area contributed by atoms with Gasteiger partial charge in [-0.25, -0.2) is 8.78 Å². The van der Waals surface area contributed by atoms with Gasteiger partial charge >= 0.3 is 0 Å². The lowest BCUT2D eigenvalue weighted by Crippen LogP contribution is -2.21. The van der Waals surface area contributed by atoms with Crippen LogP contribution in [0.15, 0.2) is 24.3 Å². The molecule has 3 rings (SSSR count). The third-order valence-corrected chi connectivity index (χ3v) is 4.17. The zero-order chi connectivity index (χ0) is 19.1. The SMILES string of the molecule is CNC.N#CC(C=O)C1CCCc2cc(-c3c(F)cccc3F)nnc21.